The molecule has 0 aromatic heterocycles. The van der Waals surface area contributed by atoms with Crippen molar-refractivity contribution in [3.8, 4) is 0 Å². The number of hydrogen-bond donors (Lipinski definition) is 1. The van der Waals surface area contributed by atoms with E-state index in [1.807, 2.05) is 31.0 Å². The number of likely N-dealkylation sites (tertiary alicyclic amines) is 1. The normalized spacial score (nSPS) is 18.3. The monoisotopic (exact) mass is 302 g/mol. The maximum Gasteiger partial charge on any atom is 0.254 e. The van der Waals surface area contributed by atoms with E-state index in [2.05, 4.69) is 5.32 Å². The van der Waals surface area contributed by atoms with E-state index in [0.717, 1.165) is 37.2 Å². The van der Waals surface area contributed by atoms with E-state index in [-0.39, 0.29) is 18.3 Å². The standard InChI is InChI=1S/C14H19ClN2O.ClH/c1-10-3-4-12(15)7-13(10)14(18)17-6-5-11(9-17)8-16-2;/h3-4,7,11,16H,5-6,8-9H2,1-2H3;1H. The molecule has 3 nitrogen and oxygen atoms in total. The Morgan fingerprint density at radius 2 is 2.26 bits per heavy atom. The van der Waals surface area contributed by atoms with E-state index < -0.39 is 0 Å². The van der Waals surface area contributed by atoms with Crippen molar-refractivity contribution in [2.75, 3.05) is 26.7 Å². The smallest absolute Gasteiger partial charge is 0.254 e. The molecule has 1 atom stereocenters. The topological polar surface area (TPSA) is 32.3 Å². The van der Waals surface area contributed by atoms with Gasteiger partial charge in [0.25, 0.3) is 5.91 Å². The van der Waals surface area contributed by atoms with Crippen LogP contribution in [0, 0.1) is 12.8 Å². The van der Waals surface area contributed by atoms with Gasteiger partial charge in [0, 0.05) is 23.7 Å². The molecule has 0 bridgehead atoms. The summed E-state index contributed by atoms with van der Waals surface area (Å²) in [5, 5.41) is 3.79. The van der Waals surface area contributed by atoms with Crippen LogP contribution in [0.15, 0.2) is 18.2 Å². The summed E-state index contributed by atoms with van der Waals surface area (Å²) >= 11 is 5.97. The third-order valence-electron chi connectivity index (χ3n) is 3.50. The van der Waals surface area contributed by atoms with Gasteiger partial charge in [-0.05, 0) is 50.6 Å². The Bertz CT molecular complexity index is 451. The molecule has 0 aliphatic carbocycles. The van der Waals surface area contributed by atoms with Gasteiger partial charge in [0.1, 0.15) is 0 Å². The van der Waals surface area contributed by atoms with Gasteiger partial charge in [0.15, 0.2) is 0 Å². The Morgan fingerprint density at radius 1 is 1.53 bits per heavy atom. The molecule has 1 aliphatic rings. The molecule has 0 radical (unpaired) electrons. The molecule has 1 amide bonds. The lowest BCUT2D eigenvalue weighted by Gasteiger charge is -2.18. The van der Waals surface area contributed by atoms with Gasteiger partial charge in [-0.1, -0.05) is 17.7 Å². The van der Waals surface area contributed by atoms with Crippen LogP contribution in [0.5, 0.6) is 0 Å². The third-order valence-corrected chi connectivity index (χ3v) is 3.73. The summed E-state index contributed by atoms with van der Waals surface area (Å²) in [4.78, 5) is 14.3. The number of amides is 1. The maximum absolute atomic E-state index is 12.4. The number of rotatable bonds is 3. The van der Waals surface area contributed by atoms with E-state index in [4.69, 9.17) is 11.6 Å². The molecule has 19 heavy (non-hydrogen) atoms. The highest BCUT2D eigenvalue weighted by Gasteiger charge is 2.27. The molecular weight excluding hydrogens is 283 g/mol. The van der Waals surface area contributed by atoms with E-state index in [1.165, 1.54) is 0 Å². The van der Waals surface area contributed by atoms with Crippen LogP contribution in [-0.4, -0.2) is 37.5 Å². The van der Waals surface area contributed by atoms with Crippen LogP contribution in [0.4, 0.5) is 0 Å². The first-order chi connectivity index (χ1) is 8.61. The van der Waals surface area contributed by atoms with Crippen molar-refractivity contribution in [3.05, 3.63) is 34.3 Å². The van der Waals surface area contributed by atoms with E-state index in [9.17, 15) is 4.79 Å². The van der Waals surface area contributed by atoms with Crippen LogP contribution in [0.2, 0.25) is 5.02 Å². The lowest BCUT2D eigenvalue weighted by Crippen LogP contribution is -2.30. The Hall–Kier alpha value is -0.770. The van der Waals surface area contributed by atoms with Crippen molar-refractivity contribution >= 4 is 29.9 Å². The van der Waals surface area contributed by atoms with Crippen LogP contribution in [0.1, 0.15) is 22.3 Å². The third kappa shape index (κ3) is 3.85. The maximum atomic E-state index is 12.4. The van der Waals surface area contributed by atoms with Gasteiger partial charge in [-0.3, -0.25) is 4.79 Å². The minimum absolute atomic E-state index is 0. The average molecular weight is 303 g/mol. The summed E-state index contributed by atoms with van der Waals surface area (Å²) in [7, 11) is 1.95. The van der Waals surface area contributed by atoms with E-state index >= 15 is 0 Å². The van der Waals surface area contributed by atoms with Crippen LogP contribution in [0.3, 0.4) is 0 Å². The molecular formula is C14H20Cl2N2O. The van der Waals surface area contributed by atoms with E-state index in [1.54, 1.807) is 6.07 Å². The molecule has 1 fully saturated rings. The second-order valence-corrected chi connectivity index (χ2v) is 5.36. The highest BCUT2D eigenvalue weighted by Crippen LogP contribution is 2.21. The molecule has 1 aromatic carbocycles. The van der Waals surface area contributed by atoms with Gasteiger partial charge >= 0.3 is 0 Å². The second kappa shape index (κ2) is 7.13. The molecule has 1 unspecified atom stereocenters. The summed E-state index contributed by atoms with van der Waals surface area (Å²) in [6, 6.07) is 5.49. The Morgan fingerprint density at radius 3 is 2.95 bits per heavy atom. The Kier molecular flexibility index (Phi) is 6.11. The Labute approximate surface area is 125 Å². The fourth-order valence-corrected chi connectivity index (χ4v) is 2.64. The quantitative estimate of drug-likeness (QED) is 0.931. The number of nitrogens with zero attached hydrogens (tertiary/aromatic N) is 1. The molecule has 0 saturated carbocycles. The van der Waals surface area contributed by atoms with Gasteiger partial charge < -0.3 is 10.2 Å². The number of nitrogens with one attached hydrogen (secondary N) is 1. The van der Waals surface area contributed by atoms with Crippen LogP contribution < -0.4 is 5.32 Å². The minimum atomic E-state index is 0. The SMILES string of the molecule is CNCC1CCN(C(=O)c2cc(Cl)ccc2C)C1.Cl. The first-order valence-electron chi connectivity index (χ1n) is 6.32. The zero-order chi connectivity index (χ0) is 13.1. The van der Waals surface area contributed by atoms with E-state index in [0.29, 0.717) is 10.9 Å². The highest BCUT2D eigenvalue weighted by atomic mass is 35.5. The second-order valence-electron chi connectivity index (χ2n) is 4.92. The molecule has 5 heteroatoms. The fraction of sp³-hybridized carbons (Fsp3) is 0.500. The lowest BCUT2D eigenvalue weighted by atomic mass is 10.1. The van der Waals surface area contributed by atoms with Gasteiger partial charge in [-0.25, -0.2) is 0 Å². The predicted molar refractivity (Wildman–Crippen MR) is 81.4 cm³/mol. The van der Waals surface area contributed by atoms with Crippen molar-refractivity contribution in [2.24, 2.45) is 5.92 Å². The molecule has 106 valence electrons. The fourth-order valence-electron chi connectivity index (χ4n) is 2.47. The number of carbonyl (C=O) groups is 1. The van der Waals surface area contributed by atoms with Crippen LogP contribution in [-0.2, 0) is 0 Å². The van der Waals surface area contributed by atoms with Crippen molar-refractivity contribution in [1.82, 2.24) is 10.2 Å². The van der Waals surface area contributed by atoms with Crippen molar-refractivity contribution < 1.29 is 4.79 Å². The molecule has 2 rings (SSSR count). The average Bonchev–Trinajstić information content (AvgIpc) is 2.80. The molecule has 1 saturated heterocycles. The van der Waals surface area contributed by atoms with Gasteiger partial charge in [-0.2, -0.15) is 0 Å². The van der Waals surface area contributed by atoms with Gasteiger partial charge in [0.05, 0.1) is 0 Å². The van der Waals surface area contributed by atoms with Crippen molar-refractivity contribution in [3.63, 3.8) is 0 Å². The predicted octanol–water partition coefficient (Wildman–Crippen LogP) is 2.75. The Balaban J connectivity index is 0.00000180. The lowest BCUT2D eigenvalue weighted by molar-refractivity contribution is 0.0786. The summed E-state index contributed by atoms with van der Waals surface area (Å²) < 4.78 is 0. The van der Waals surface area contributed by atoms with Gasteiger partial charge in [-0.15, -0.1) is 12.4 Å². The molecule has 1 aliphatic heterocycles. The van der Waals surface area contributed by atoms with Gasteiger partial charge in [0.2, 0.25) is 0 Å². The zero-order valence-corrected chi connectivity index (χ0v) is 12.9. The molecule has 1 heterocycles. The molecule has 1 aromatic rings. The summed E-state index contributed by atoms with van der Waals surface area (Å²) in [6.45, 7) is 4.60. The number of halogens is 2. The molecule has 0 spiro atoms. The number of carbonyl (C=O) groups excluding carboxylic acids is 1. The number of aryl methyl sites for hydroxylation is 1. The molecule has 1 N–H and O–H groups in total. The summed E-state index contributed by atoms with van der Waals surface area (Å²) in [6.07, 6.45) is 1.08. The first kappa shape index (κ1) is 16.3. The number of benzene rings is 1. The minimum Gasteiger partial charge on any atom is -0.338 e. The van der Waals surface area contributed by atoms with Crippen molar-refractivity contribution in [1.29, 1.82) is 0 Å². The first-order valence-corrected chi connectivity index (χ1v) is 6.69. The van der Waals surface area contributed by atoms with Crippen molar-refractivity contribution in [2.45, 2.75) is 13.3 Å². The zero-order valence-electron chi connectivity index (χ0n) is 11.3. The highest BCUT2D eigenvalue weighted by molar-refractivity contribution is 6.31. The number of hydrogen-bond acceptors (Lipinski definition) is 2. The largest absolute Gasteiger partial charge is 0.338 e. The summed E-state index contributed by atoms with van der Waals surface area (Å²) in [5.74, 6) is 0.673. The van der Waals surface area contributed by atoms with Crippen LogP contribution >= 0.6 is 24.0 Å². The van der Waals surface area contributed by atoms with Crippen LogP contribution in [0.25, 0.3) is 0 Å². The summed E-state index contributed by atoms with van der Waals surface area (Å²) in [5.41, 5.74) is 1.72.